The fourth-order valence-electron chi connectivity index (χ4n) is 1.87. The summed E-state index contributed by atoms with van der Waals surface area (Å²) in [5, 5.41) is 2.66. The number of aryl methyl sites for hydroxylation is 1. The fraction of sp³-hybridized carbons (Fsp3) is 0.333. The first-order chi connectivity index (χ1) is 7.86. The van der Waals surface area contributed by atoms with Crippen LogP contribution in [0.3, 0.4) is 0 Å². The van der Waals surface area contributed by atoms with Gasteiger partial charge in [-0.15, -0.1) is 0 Å². The van der Waals surface area contributed by atoms with Crippen molar-refractivity contribution >= 4 is 17.4 Å². The van der Waals surface area contributed by atoms with Crippen LogP contribution in [0.15, 0.2) is 24.3 Å². The van der Waals surface area contributed by atoms with E-state index in [0.29, 0.717) is 13.0 Å². The second-order valence-electron chi connectivity index (χ2n) is 3.67. The van der Waals surface area contributed by atoms with Crippen molar-refractivity contribution in [2.45, 2.75) is 26.4 Å². The molecule has 0 spiro atoms. The average molecular weight is 217 g/mol. The summed E-state index contributed by atoms with van der Waals surface area (Å²) >= 11 is 0. The fourth-order valence-corrected chi connectivity index (χ4v) is 1.87. The van der Waals surface area contributed by atoms with E-state index in [1.807, 2.05) is 18.2 Å². The lowest BCUT2D eigenvalue weighted by Gasteiger charge is -2.06. The summed E-state index contributed by atoms with van der Waals surface area (Å²) in [6.45, 7) is 3.54. The average Bonchev–Trinajstić information content (AvgIpc) is 2.66. The van der Waals surface area contributed by atoms with Gasteiger partial charge in [0.1, 0.15) is 5.82 Å². The normalized spacial score (nSPS) is 10.6. The molecule has 1 aromatic carbocycles. The van der Waals surface area contributed by atoms with E-state index >= 15 is 0 Å². The Labute approximate surface area is 94.3 Å². The topological polar surface area (TPSA) is 46.9 Å². The number of fused-ring (bicyclic) bond motifs is 1. The van der Waals surface area contributed by atoms with Gasteiger partial charge < -0.3 is 9.88 Å². The number of hydrogen-bond donors (Lipinski definition) is 1. The Kier molecular flexibility index (Phi) is 3.19. The Balaban J connectivity index is 2.45. The number of aromatic nitrogens is 2. The number of para-hydroxylation sites is 2. The van der Waals surface area contributed by atoms with Crippen molar-refractivity contribution in [1.29, 1.82) is 0 Å². The molecular weight excluding hydrogens is 202 g/mol. The molecule has 4 heteroatoms. The zero-order chi connectivity index (χ0) is 11.4. The second kappa shape index (κ2) is 4.79. The lowest BCUT2D eigenvalue weighted by Crippen LogP contribution is -2.15. The number of imidazole rings is 1. The Bertz CT molecular complexity index is 490. The number of nitrogens with zero attached hydrogens (tertiary/aromatic N) is 2. The Morgan fingerprint density at radius 2 is 2.25 bits per heavy atom. The van der Waals surface area contributed by atoms with E-state index in [0.717, 1.165) is 29.8 Å². The summed E-state index contributed by atoms with van der Waals surface area (Å²) in [7, 11) is 0. The van der Waals surface area contributed by atoms with Crippen molar-refractivity contribution < 1.29 is 4.79 Å². The molecule has 16 heavy (non-hydrogen) atoms. The van der Waals surface area contributed by atoms with Crippen LogP contribution in [0.1, 0.15) is 19.2 Å². The number of carbonyl (C=O) groups excluding carboxylic acids is 1. The van der Waals surface area contributed by atoms with Crippen molar-refractivity contribution in [2.75, 3.05) is 0 Å². The smallest absolute Gasteiger partial charge is 0.207 e. The minimum absolute atomic E-state index is 0.484. The number of benzene rings is 1. The lowest BCUT2D eigenvalue weighted by atomic mass is 10.3. The molecule has 1 amide bonds. The van der Waals surface area contributed by atoms with E-state index in [2.05, 4.69) is 27.9 Å². The van der Waals surface area contributed by atoms with Crippen LogP contribution in [0, 0.1) is 0 Å². The van der Waals surface area contributed by atoms with Crippen LogP contribution in [0.2, 0.25) is 0 Å². The van der Waals surface area contributed by atoms with Crippen LogP contribution in [-0.2, 0) is 17.9 Å². The number of nitrogens with one attached hydrogen (secondary N) is 1. The summed E-state index contributed by atoms with van der Waals surface area (Å²) in [6, 6.07) is 8.03. The van der Waals surface area contributed by atoms with Gasteiger partial charge in [-0.2, -0.15) is 0 Å². The van der Waals surface area contributed by atoms with Crippen molar-refractivity contribution in [2.24, 2.45) is 0 Å². The zero-order valence-electron chi connectivity index (χ0n) is 9.31. The van der Waals surface area contributed by atoms with Gasteiger partial charge in [0.05, 0.1) is 17.6 Å². The van der Waals surface area contributed by atoms with E-state index in [9.17, 15) is 4.79 Å². The highest BCUT2D eigenvalue weighted by Gasteiger charge is 2.08. The van der Waals surface area contributed by atoms with Gasteiger partial charge in [-0.25, -0.2) is 4.98 Å². The van der Waals surface area contributed by atoms with Gasteiger partial charge >= 0.3 is 0 Å². The van der Waals surface area contributed by atoms with Gasteiger partial charge in [-0.05, 0) is 18.6 Å². The maximum absolute atomic E-state index is 10.3. The minimum Gasteiger partial charge on any atom is -0.351 e. The van der Waals surface area contributed by atoms with Crippen LogP contribution >= 0.6 is 0 Å². The molecule has 0 saturated carbocycles. The largest absolute Gasteiger partial charge is 0.351 e. The van der Waals surface area contributed by atoms with Gasteiger partial charge in [-0.3, -0.25) is 4.79 Å². The van der Waals surface area contributed by atoms with Gasteiger partial charge in [0.15, 0.2) is 0 Å². The summed E-state index contributed by atoms with van der Waals surface area (Å²) in [6.07, 6.45) is 1.75. The van der Waals surface area contributed by atoms with Crippen LogP contribution in [0.25, 0.3) is 11.0 Å². The third-order valence-corrected chi connectivity index (χ3v) is 2.52. The summed E-state index contributed by atoms with van der Waals surface area (Å²) in [4.78, 5) is 14.8. The molecule has 1 N–H and O–H groups in total. The van der Waals surface area contributed by atoms with Crippen LogP contribution in [0.5, 0.6) is 0 Å². The molecule has 2 rings (SSSR count). The zero-order valence-corrected chi connectivity index (χ0v) is 9.31. The Morgan fingerprint density at radius 3 is 3.00 bits per heavy atom. The van der Waals surface area contributed by atoms with Crippen molar-refractivity contribution in [3.8, 4) is 0 Å². The summed E-state index contributed by atoms with van der Waals surface area (Å²) in [5.74, 6) is 0.912. The quantitative estimate of drug-likeness (QED) is 0.775. The maximum Gasteiger partial charge on any atom is 0.207 e. The molecule has 0 fully saturated rings. The molecule has 0 bridgehead atoms. The molecule has 0 radical (unpaired) electrons. The van der Waals surface area contributed by atoms with E-state index in [4.69, 9.17) is 0 Å². The maximum atomic E-state index is 10.3. The predicted octanol–water partition coefficient (Wildman–Crippen LogP) is 1.69. The molecule has 0 unspecified atom stereocenters. The summed E-state index contributed by atoms with van der Waals surface area (Å²) in [5.41, 5.74) is 2.12. The second-order valence-corrected chi connectivity index (χ2v) is 3.67. The highest BCUT2D eigenvalue weighted by Crippen LogP contribution is 2.16. The molecule has 0 aliphatic carbocycles. The van der Waals surface area contributed by atoms with E-state index in [1.165, 1.54) is 0 Å². The third kappa shape index (κ3) is 1.91. The number of rotatable bonds is 5. The summed E-state index contributed by atoms with van der Waals surface area (Å²) < 4.78 is 2.16. The SMILES string of the molecule is CCCn1c(CNC=O)nc2ccccc21. The molecule has 4 nitrogen and oxygen atoms in total. The third-order valence-electron chi connectivity index (χ3n) is 2.52. The van der Waals surface area contributed by atoms with Crippen molar-refractivity contribution in [3.63, 3.8) is 0 Å². The van der Waals surface area contributed by atoms with E-state index in [-0.39, 0.29) is 0 Å². The molecule has 1 heterocycles. The van der Waals surface area contributed by atoms with E-state index in [1.54, 1.807) is 0 Å². The highest BCUT2D eigenvalue weighted by atomic mass is 16.1. The van der Waals surface area contributed by atoms with Gasteiger partial charge in [0.25, 0.3) is 0 Å². The van der Waals surface area contributed by atoms with Crippen LogP contribution < -0.4 is 5.32 Å². The minimum atomic E-state index is 0.484. The molecule has 0 aliphatic rings. The first-order valence-electron chi connectivity index (χ1n) is 5.48. The molecule has 0 saturated heterocycles. The van der Waals surface area contributed by atoms with Crippen LogP contribution in [-0.4, -0.2) is 16.0 Å². The molecule has 0 atom stereocenters. The van der Waals surface area contributed by atoms with Crippen molar-refractivity contribution in [3.05, 3.63) is 30.1 Å². The highest BCUT2D eigenvalue weighted by molar-refractivity contribution is 5.75. The molecular formula is C12H15N3O. The van der Waals surface area contributed by atoms with Crippen LogP contribution in [0.4, 0.5) is 0 Å². The molecule has 2 aromatic rings. The Morgan fingerprint density at radius 1 is 1.44 bits per heavy atom. The molecule has 84 valence electrons. The monoisotopic (exact) mass is 217 g/mol. The number of amides is 1. The van der Waals surface area contributed by atoms with Crippen molar-refractivity contribution in [1.82, 2.24) is 14.9 Å². The Hall–Kier alpha value is -1.84. The first kappa shape index (κ1) is 10.7. The predicted molar refractivity (Wildman–Crippen MR) is 62.9 cm³/mol. The van der Waals surface area contributed by atoms with Gasteiger partial charge in [-0.1, -0.05) is 19.1 Å². The van der Waals surface area contributed by atoms with E-state index < -0.39 is 0 Å². The lowest BCUT2D eigenvalue weighted by molar-refractivity contribution is -0.109. The standard InChI is InChI=1S/C12H15N3O/c1-2-7-15-11-6-4-3-5-10(11)14-12(15)8-13-9-16/h3-6,9H,2,7-8H2,1H3,(H,13,16). The number of carbonyl (C=O) groups is 1. The molecule has 1 aromatic heterocycles. The number of hydrogen-bond acceptors (Lipinski definition) is 2. The first-order valence-corrected chi connectivity index (χ1v) is 5.48. The van der Waals surface area contributed by atoms with Gasteiger partial charge in [0, 0.05) is 6.54 Å². The molecule has 0 aliphatic heterocycles. The van der Waals surface area contributed by atoms with Gasteiger partial charge in [0.2, 0.25) is 6.41 Å².